The lowest BCUT2D eigenvalue weighted by Gasteiger charge is -2.08. The Kier molecular flexibility index (Phi) is 7.31. The minimum absolute atomic E-state index is 0.322. The second-order valence-corrected chi connectivity index (χ2v) is 9.04. The van der Waals surface area contributed by atoms with Gasteiger partial charge in [-0.15, -0.1) is 11.3 Å². The normalized spacial score (nSPS) is 11.2. The van der Waals surface area contributed by atoms with Crippen molar-refractivity contribution in [3.05, 3.63) is 81.2 Å². The molecule has 4 nitrogen and oxygen atoms in total. The summed E-state index contributed by atoms with van der Waals surface area (Å²) in [5.41, 5.74) is 4.00. The minimum atomic E-state index is -0.511. The number of carbonyl (C=O) groups is 2. The van der Waals surface area contributed by atoms with Crippen LogP contribution in [0.3, 0.4) is 0 Å². The van der Waals surface area contributed by atoms with Gasteiger partial charge in [-0.25, -0.2) is 4.79 Å². The molecule has 0 saturated heterocycles. The molecule has 0 unspecified atom stereocenters. The van der Waals surface area contributed by atoms with Gasteiger partial charge < -0.3 is 10.1 Å². The van der Waals surface area contributed by atoms with Crippen LogP contribution < -0.4 is 5.32 Å². The SMILES string of the molecule is COC(=O)c1c(NC(=O)/C=C/c2ccc(C(C)C)cc2)sc(C)c1-c1cccc(Cl)c1. The van der Waals surface area contributed by atoms with Gasteiger partial charge in [-0.2, -0.15) is 0 Å². The van der Waals surface area contributed by atoms with Crippen molar-refractivity contribution in [3.63, 3.8) is 0 Å². The Balaban J connectivity index is 1.87. The molecule has 3 rings (SSSR count). The van der Waals surface area contributed by atoms with Crippen molar-refractivity contribution in [1.29, 1.82) is 0 Å². The molecule has 0 atom stereocenters. The number of rotatable bonds is 6. The Morgan fingerprint density at radius 2 is 1.84 bits per heavy atom. The first-order valence-corrected chi connectivity index (χ1v) is 11.1. The third-order valence-electron chi connectivity index (χ3n) is 4.85. The highest BCUT2D eigenvalue weighted by molar-refractivity contribution is 7.17. The van der Waals surface area contributed by atoms with Gasteiger partial charge in [0.05, 0.1) is 7.11 Å². The zero-order chi connectivity index (χ0) is 22.5. The molecule has 0 radical (unpaired) electrons. The van der Waals surface area contributed by atoms with E-state index in [1.165, 1.54) is 30.1 Å². The fourth-order valence-electron chi connectivity index (χ4n) is 3.24. The van der Waals surface area contributed by atoms with E-state index in [0.29, 0.717) is 27.1 Å². The summed E-state index contributed by atoms with van der Waals surface area (Å²) >= 11 is 7.47. The molecule has 0 spiro atoms. The van der Waals surface area contributed by atoms with E-state index in [9.17, 15) is 9.59 Å². The molecule has 3 aromatic rings. The van der Waals surface area contributed by atoms with E-state index in [-0.39, 0.29) is 5.91 Å². The number of amides is 1. The number of benzene rings is 2. The Labute approximate surface area is 191 Å². The molecule has 0 fully saturated rings. The quantitative estimate of drug-likeness (QED) is 0.325. The second-order valence-electron chi connectivity index (χ2n) is 7.38. The van der Waals surface area contributed by atoms with Crippen molar-refractivity contribution < 1.29 is 14.3 Å². The van der Waals surface area contributed by atoms with Crippen molar-refractivity contribution in [2.45, 2.75) is 26.7 Å². The number of hydrogen-bond donors (Lipinski definition) is 1. The molecule has 2 aromatic carbocycles. The molecule has 0 aliphatic carbocycles. The van der Waals surface area contributed by atoms with Gasteiger partial charge >= 0.3 is 5.97 Å². The van der Waals surface area contributed by atoms with E-state index in [1.54, 1.807) is 18.2 Å². The average Bonchev–Trinajstić information content (AvgIpc) is 3.07. The van der Waals surface area contributed by atoms with Gasteiger partial charge in [0.15, 0.2) is 0 Å². The highest BCUT2D eigenvalue weighted by Gasteiger charge is 2.24. The van der Waals surface area contributed by atoms with Crippen LogP contribution in [0.25, 0.3) is 17.2 Å². The lowest BCUT2D eigenvalue weighted by atomic mass is 10.0. The smallest absolute Gasteiger partial charge is 0.341 e. The number of anilines is 1. The van der Waals surface area contributed by atoms with E-state index in [2.05, 4.69) is 31.3 Å². The fourth-order valence-corrected chi connectivity index (χ4v) is 4.50. The van der Waals surface area contributed by atoms with Gasteiger partial charge in [0.25, 0.3) is 0 Å². The number of aryl methyl sites for hydroxylation is 1. The maximum atomic E-state index is 12.6. The minimum Gasteiger partial charge on any atom is -0.465 e. The van der Waals surface area contributed by atoms with Gasteiger partial charge in [0.1, 0.15) is 10.6 Å². The fraction of sp³-hybridized carbons (Fsp3) is 0.200. The molecular formula is C25H24ClNO3S. The van der Waals surface area contributed by atoms with E-state index < -0.39 is 5.97 Å². The van der Waals surface area contributed by atoms with Crippen LogP contribution in [0.15, 0.2) is 54.6 Å². The predicted octanol–water partition coefficient (Wildman–Crippen LogP) is 6.94. The first-order valence-electron chi connectivity index (χ1n) is 9.86. The topological polar surface area (TPSA) is 55.4 Å². The highest BCUT2D eigenvalue weighted by atomic mass is 35.5. The van der Waals surface area contributed by atoms with Gasteiger partial charge in [0.2, 0.25) is 5.91 Å². The first kappa shape index (κ1) is 22.8. The number of halogens is 1. The van der Waals surface area contributed by atoms with Gasteiger partial charge in [-0.1, -0.05) is 61.8 Å². The van der Waals surface area contributed by atoms with E-state index in [0.717, 1.165) is 16.0 Å². The lowest BCUT2D eigenvalue weighted by Crippen LogP contribution is -2.11. The van der Waals surface area contributed by atoms with Crippen LogP contribution in [0, 0.1) is 6.92 Å². The monoisotopic (exact) mass is 453 g/mol. The first-order chi connectivity index (χ1) is 14.8. The molecular weight excluding hydrogens is 430 g/mol. The summed E-state index contributed by atoms with van der Waals surface area (Å²) in [6, 6.07) is 15.3. The van der Waals surface area contributed by atoms with Gasteiger partial charge in [-0.3, -0.25) is 4.79 Å². The number of ether oxygens (including phenoxy) is 1. The summed E-state index contributed by atoms with van der Waals surface area (Å²) in [4.78, 5) is 26.0. The maximum absolute atomic E-state index is 12.6. The summed E-state index contributed by atoms with van der Waals surface area (Å²) in [6.45, 7) is 6.17. The molecule has 0 aliphatic heterocycles. The Morgan fingerprint density at radius 1 is 1.13 bits per heavy atom. The molecule has 1 N–H and O–H groups in total. The molecule has 0 bridgehead atoms. The van der Waals surface area contributed by atoms with Crippen LogP contribution in [0.1, 0.15) is 46.1 Å². The van der Waals surface area contributed by atoms with Gasteiger partial charge in [0, 0.05) is 21.5 Å². The summed E-state index contributed by atoms with van der Waals surface area (Å²) in [5, 5.41) is 3.84. The van der Waals surface area contributed by atoms with Crippen molar-refractivity contribution in [3.8, 4) is 11.1 Å². The van der Waals surface area contributed by atoms with Crippen LogP contribution in [0.2, 0.25) is 5.02 Å². The van der Waals surface area contributed by atoms with Crippen molar-refractivity contribution in [2.24, 2.45) is 0 Å². The van der Waals surface area contributed by atoms with Crippen LogP contribution in [0.5, 0.6) is 0 Å². The highest BCUT2D eigenvalue weighted by Crippen LogP contribution is 2.41. The molecule has 0 saturated carbocycles. The standard InChI is InChI=1S/C25H24ClNO3S/c1-15(2)18-11-8-17(9-12-18)10-13-21(28)27-24-23(25(29)30-4)22(16(3)31-24)19-6-5-7-20(26)14-19/h5-15H,1-4H3,(H,27,28)/b13-10+. The average molecular weight is 454 g/mol. The van der Waals surface area contributed by atoms with Crippen molar-refractivity contribution in [2.75, 3.05) is 12.4 Å². The summed E-state index contributed by atoms with van der Waals surface area (Å²) in [5.74, 6) is -0.381. The number of methoxy groups -OCH3 is 1. The lowest BCUT2D eigenvalue weighted by molar-refractivity contribution is -0.111. The molecule has 160 valence electrons. The predicted molar refractivity (Wildman–Crippen MR) is 129 cm³/mol. The molecule has 1 amide bonds. The van der Waals surface area contributed by atoms with E-state index in [1.807, 2.05) is 31.2 Å². The number of nitrogens with one attached hydrogen (secondary N) is 1. The maximum Gasteiger partial charge on any atom is 0.341 e. The summed E-state index contributed by atoms with van der Waals surface area (Å²) in [6.07, 6.45) is 3.20. The third-order valence-corrected chi connectivity index (χ3v) is 6.11. The number of thiophene rings is 1. The van der Waals surface area contributed by atoms with Crippen molar-refractivity contribution in [1.82, 2.24) is 0 Å². The molecule has 31 heavy (non-hydrogen) atoms. The zero-order valence-electron chi connectivity index (χ0n) is 17.9. The summed E-state index contributed by atoms with van der Waals surface area (Å²) < 4.78 is 4.99. The molecule has 6 heteroatoms. The van der Waals surface area contributed by atoms with Crippen LogP contribution in [-0.4, -0.2) is 19.0 Å². The Morgan fingerprint density at radius 3 is 2.45 bits per heavy atom. The molecule has 1 heterocycles. The van der Waals surface area contributed by atoms with Crippen LogP contribution in [-0.2, 0) is 9.53 Å². The van der Waals surface area contributed by atoms with E-state index >= 15 is 0 Å². The third kappa shape index (κ3) is 5.43. The van der Waals surface area contributed by atoms with E-state index in [4.69, 9.17) is 16.3 Å². The molecule has 0 aliphatic rings. The van der Waals surface area contributed by atoms with Crippen LogP contribution in [0.4, 0.5) is 5.00 Å². The Bertz CT molecular complexity index is 1130. The number of carbonyl (C=O) groups excluding carboxylic acids is 2. The largest absolute Gasteiger partial charge is 0.465 e. The zero-order valence-corrected chi connectivity index (χ0v) is 19.4. The number of hydrogen-bond acceptors (Lipinski definition) is 4. The second kappa shape index (κ2) is 9.94. The van der Waals surface area contributed by atoms with Crippen LogP contribution >= 0.6 is 22.9 Å². The molecule has 1 aromatic heterocycles. The van der Waals surface area contributed by atoms with Gasteiger partial charge in [-0.05, 0) is 47.7 Å². The summed E-state index contributed by atoms with van der Waals surface area (Å²) in [7, 11) is 1.32. The van der Waals surface area contributed by atoms with Crippen molar-refractivity contribution >= 4 is 45.9 Å². The number of esters is 1. The Hall–Kier alpha value is -2.89.